The molecule has 0 aliphatic rings. The monoisotopic (exact) mass is 290 g/mol. The van der Waals surface area contributed by atoms with E-state index < -0.39 is 0 Å². The van der Waals surface area contributed by atoms with E-state index in [0.717, 1.165) is 22.1 Å². The van der Waals surface area contributed by atoms with E-state index in [-0.39, 0.29) is 12.6 Å². The van der Waals surface area contributed by atoms with Crippen molar-refractivity contribution in [2.75, 3.05) is 11.9 Å². The van der Waals surface area contributed by atoms with E-state index in [1.54, 1.807) is 0 Å². The molecule has 3 nitrogen and oxygen atoms in total. The molecule has 1 atom stereocenters. The van der Waals surface area contributed by atoms with E-state index in [2.05, 4.69) is 16.8 Å². The van der Waals surface area contributed by atoms with E-state index in [4.69, 9.17) is 11.6 Å². The lowest BCUT2D eigenvalue weighted by atomic mass is 10.1. The highest BCUT2D eigenvalue weighted by atomic mass is 35.5. The van der Waals surface area contributed by atoms with E-state index in [1.165, 1.54) is 5.56 Å². The van der Waals surface area contributed by atoms with Gasteiger partial charge in [0.2, 0.25) is 0 Å². The topological polar surface area (TPSA) is 36.4 Å². The number of aromatic nitrogens is 1. The van der Waals surface area contributed by atoms with Crippen molar-refractivity contribution in [3.63, 3.8) is 0 Å². The second kappa shape index (κ2) is 6.25. The number of aliphatic hydroxyl groups is 1. The number of aryl methyl sites for hydroxylation is 1. The molecule has 0 amide bonds. The predicted octanol–water partition coefficient (Wildman–Crippen LogP) is 3.73. The minimum Gasteiger partial charge on any atom is -0.392 e. The molecular formula is C16H19ClN2O. The zero-order valence-corrected chi connectivity index (χ0v) is 12.7. The molecule has 0 radical (unpaired) electrons. The van der Waals surface area contributed by atoms with E-state index >= 15 is 0 Å². The molecule has 1 heterocycles. The molecule has 1 N–H and O–H groups in total. The van der Waals surface area contributed by atoms with Gasteiger partial charge in [-0.2, -0.15) is 0 Å². The van der Waals surface area contributed by atoms with Gasteiger partial charge in [-0.15, -0.1) is 0 Å². The van der Waals surface area contributed by atoms with Crippen molar-refractivity contribution in [1.29, 1.82) is 0 Å². The summed E-state index contributed by atoms with van der Waals surface area (Å²) in [4.78, 5) is 6.66. The van der Waals surface area contributed by atoms with Crippen LogP contribution in [0.5, 0.6) is 0 Å². The lowest BCUT2D eigenvalue weighted by Crippen LogP contribution is -2.23. The molecule has 106 valence electrons. The second-order valence-corrected chi connectivity index (χ2v) is 5.35. The van der Waals surface area contributed by atoms with Crippen LogP contribution in [0.3, 0.4) is 0 Å². The number of aliphatic hydroxyl groups excluding tert-OH is 1. The van der Waals surface area contributed by atoms with Crippen LogP contribution in [0.2, 0.25) is 5.02 Å². The molecule has 0 aliphatic heterocycles. The van der Waals surface area contributed by atoms with Crippen molar-refractivity contribution in [2.45, 2.75) is 26.5 Å². The van der Waals surface area contributed by atoms with Crippen LogP contribution in [-0.4, -0.2) is 17.1 Å². The highest BCUT2D eigenvalue weighted by Gasteiger charge is 2.14. The number of hydrogen-bond donors (Lipinski definition) is 1. The SMILES string of the molecule is Cc1nc(N(C)C(C)c2ccc(Cl)cc2)ccc1CO. The van der Waals surface area contributed by atoms with Gasteiger partial charge in [0, 0.05) is 17.8 Å². The summed E-state index contributed by atoms with van der Waals surface area (Å²) in [5.41, 5.74) is 2.91. The molecule has 20 heavy (non-hydrogen) atoms. The standard InChI is InChI=1S/C16H19ClN2O/c1-11-14(10-20)6-9-16(18-11)19(3)12(2)13-4-7-15(17)8-5-13/h4-9,12,20H,10H2,1-3H3. The van der Waals surface area contributed by atoms with Crippen LogP contribution in [0, 0.1) is 6.92 Å². The van der Waals surface area contributed by atoms with Crippen LogP contribution in [0.1, 0.15) is 29.8 Å². The summed E-state index contributed by atoms with van der Waals surface area (Å²) < 4.78 is 0. The van der Waals surface area contributed by atoms with Crippen LogP contribution in [-0.2, 0) is 6.61 Å². The average Bonchev–Trinajstić information content (AvgIpc) is 2.46. The van der Waals surface area contributed by atoms with Gasteiger partial charge in [0.15, 0.2) is 0 Å². The molecule has 1 aromatic carbocycles. The van der Waals surface area contributed by atoms with Crippen LogP contribution in [0.4, 0.5) is 5.82 Å². The van der Waals surface area contributed by atoms with Crippen molar-refractivity contribution >= 4 is 17.4 Å². The molecule has 0 bridgehead atoms. The van der Waals surface area contributed by atoms with Gasteiger partial charge in [-0.25, -0.2) is 4.98 Å². The Kier molecular flexibility index (Phi) is 4.63. The summed E-state index contributed by atoms with van der Waals surface area (Å²) in [6.45, 7) is 4.06. The van der Waals surface area contributed by atoms with E-state index in [9.17, 15) is 5.11 Å². The Morgan fingerprint density at radius 3 is 2.40 bits per heavy atom. The van der Waals surface area contributed by atoms with Gasteiger partial charge in [-0.05, 0) is 43.2 Å². The minimum atomic E-state index is 0.0234. The van der Waals surface area contributed by atoms with Gasteiger partial charge >= 0.3 is 0 Å². The fraction of sp³-hybridized carbons (Fsp3) is 0.312. The molecule has 0 fully saturated rings. The first kappa shape index (κ1) is 14.8. The summed E-state index contributed by atoms with van der Waals surface area (Å²) in [7, 11) is 2.01. The number of nitrogens with zero attached hydrogens (tertiary/aromatic N) is 2. The van der Waals surface area contributed by atoms with Crippen molar-refractivity contribution in [2.24, 2.45) is 0 Å². The molecular weight excluding hydrogens is 272 g/mol. The first-order valence-corrected chi connectivity index (χ1v) is 6.96. The Balaban J connectivity index is 2.24. The molecule has 0 saturated heterocycles. The average molecular weight is 291 g/mol. The van der Waals surface area contributed by atoms with Crippen LogP contribution >= 0.6 is 11.6 Å². The largest absolute Gasteiger partial charge is 0.392 e. The zero-order chi connectivity index (χ0) is 14.7. The third kappa shape index (κ3) is 3.11. The Morgan fingerprint density at radius 1 is 1.20 bits per heavy atom. The maximum Gasteiger partial charge on any atom is 0.129 e. The predicted molar refractivity (Wildman–Crippen MR) is 83.2 cm³/mol. The van der Waals surface area contributed by atoms with Gasteiger partial charge < -0.3 is 10.0 Å². The maximum absolute atomic E-state index is 9.20. The lowest BCUT2D eigenvalue weighted by Gasteiger charge is -2.27. The molecule has 0 saturated carbocycles. The smallest absolute Gasteiger partial charge is 0.129 e. The zero-order valence-electron chi connectivity index (χ0n) is 12.0. The number of hydrogen-bond acceptors (Lipinski definition) is 3. The quantitative estimate of drug-likeness (QED) is 0.932. The third-order valence-electron chi connectivity index (χ3n) is 3.65. The highest BCUT2D eigenvalue weighted by molar-refractivity contribution is 6.30. The number of pyridine rings is 1. The Morgan fingerprint density at radius 2 is 1.85 bits per heavy atom. The summed E-state index contributed by atoms with van der Waals surface area (Å²) in [5, 5.41) is 9.94. The molecule has 0 spiro atoms. The van der Waals surface area contributed by atoms with Crippen LogP contribution < -0.4 is 4.90 Å². The van der Waals surface area contributed by atoms with Crippen LogP contribution in [0.15, 0.2) is 36.4 Å². The number of benzene rings is 1. The fourth-order valence-corrected chi connectivity index (χ4v) is 2.23. The Bertz CT molecular complexity index is 584. The van der Waals surface area contributed by atoms with Crippen molar-refractivity contribution in [1.82, 2.24) is 4.98 Å². The Labute approximate surface area is 124 Å². The summed E-state index contributed by atoms with van der Waals surface area (Å²) in [6.07, 6.45) is 0. The van der Waals surface area contributed by atoms with Crippen LogP contribution in [0.25, 0.3) is 0 Å². The van der Waals surface area contributed by atoms with E-state index in [0.29, 0.717) is 0 Å². The van der Waals surface area contributed by atoms with Crippen molar-refractivity contribution in [3.05, 3.63) is 58.2 Å². The molecule has 1 unspecified atom stereocenters. The third-order valence-corrected chi connectivity index (χ3v) is 3.90. The number of anilines is 1. The van der Waals surface area contributed by atoms with Crippen molar-refractivity contribution in [3.8, 4) is 0 Å². The van der Waals surface area contributed by atoms with Gasteiger partial charge in [-0.3, -0.25) is 0 Å². The maximum atomic E-state index is 9.20. The van der Waals surface area contributed by atoms with Gasteiger partial charge in [0.05, 0.1) is 12.6 Å². The first-order chi connectivity index (χ1) is 9.52. The molecule has 1 aromatic heterocycles. The number of rotatable bonds is 4. The summed E-state index contributed by atoms with van der Waals surface area (Å²) >= 11 is 5.92. The Hall–Kier alpha value is -1.58. The minimum absolute atomic E-state index is 0.0234. The highest BCUT2D eigenvalue weighted by Crippen LogP contribution is 2.25. The van der Waals surface area contributed by atoms with Crippen molar-refractivity contribution < 1.29 is 5.11 Å². The van der Waals surface area contributed by atoms with Gasteiger partial charge in [0.25, 0.3) is 0 Å². The molecule has 0 aliphatic carbocycles. The molecule has 2 rings (SSSR count). The summed E-state index contributed by atoms with van der Waals surface area (Å²) in [5.74, 6) is 0.891. The molecule has 2 aromatic rings. The first-order valence-electron chi connectivity index (χ1n) is 6.58. The van der Waals surface area contributed by atoms with E-state index in [1.807, 2.05) is 50.4 Å². The van der Waals surface area contributed by atoms with Gasteiger partial charge in [-0.1, -0.05) is 29.8 Å². The normalized spacial score (nSPS) is 12.2. The lowest BCUT2D eigenvalue weighted by molar-refractivity contribution is 0.280. The second-order valence-electron chi connectivity index (χ2n) is 4.91. The molecule has 4 heteroatoms. The fourth-order valence-electron chi connectivity index (χ4n) is 2.10. The van der Waals surface area contributed by atoms with Gasteiger partial charge in [0.1, 0.15) is 5.82 Å². The number of halogens is 1. The summed E-state index contributed by atoms with van der Waals surface area (Å²) in [6, 6.07) is 11.9.